The van der Waals surface area contributed by atoms with Gasteiger partial charge < -0.3 is 14.6 Å². The fraction of sp³-hybridized carbons (Fsp3) is 0.588. The van der Waals surface area contributed by atoms with Crippen LogP contribution in [0.5, 0.6) is 0 Å². The molecule has 7 heteroatoms. The number of halogens is 2. The third kappa shape index (κ3) is 4.06. The summed E-state index contributed by atoms with van der Waals surface area (Å²) in [5, 5.41) is 9.58. The molecule has 2 atom stereocenters. The predicted octanol–water partition coefficient (Wildman–Crippen LogP) is 2.87. The summed E-state index contributed by atoms with van der Waals surface area (Å²) in [5.74, 6) is -1.58. The summed E-state index contributed by atoms with van der Waals surface area (Å²) >= 11 is 5.69. The maximum Gasteiger partial charge on any atom is 0.325 e. The number of nitrogens with zero attached hydrogens (tertiary/aromatic N) is 1. The normalized spacial score (nSPS) is 24.2. The molecule has 2 aliphatic rings. The van der Waals surface area contributed by atoms with Gasteiger partial charge in [0, 0.05) is 19.7 Å². The van der Waals surface area contributed by atoms with Crippen molar-refractivity contribution in [2.75, 3.05) is 26.3 Å². The van der Waals surface area contributed by atoms with E-state index in [0.717, 1.165) is 25.9 Å². The minimum absolute atomic E-state index is 0.00576. The van der Waals surface area contributed by atoms with Gasteiger partial charge >= 0.3 is 5.97 Å². The topological polar surface area (TPSA) is 59.0 Å². The first-order valence-electron chi connectivity index (χ1n) is 8.19. The number of ether oxygens (including phenoxy) is 2. The Morgan fingerprint density at radius 2 is 2.08 bits per heavy atom. The maximum atomic E-state index is 13.7. The summed E-state index contributed by atoms with van der Waals surface area (Å²) in [7, 11) is 0. The molecule has 0 aliphatic carbocycles. The molecule has 1 N–H and O–H groups in total. The van der Waals surface area contributed by atoms with Crippen molar-refractivity contribution < 1.29 is 23.8 Å². The summed E-state index contributed by atoms with van der Waals surface area (Å²) in [6, 6.07) is 3.31. The lowest BCUT2D eigenvalue weighted by Crippen LogP contribution is -2.43. The Kier molecular flexibility index (Phi) is 5.71. The standard InChI is InChI=1S/C17H21ClFNO4/c18-14-2-1-11(9-15(14)19)16(17(21)22)20-6-3-12(4-7-20)24-13-5-8-23-10-13/h1-2,9,12-13,16H,3-8,10H2,(H,21,22). The molecule has 0 spiro atoms. The molecule has 2 saturated heterocycles. The molecule has 0 radical (unpaired) electrons. The third-order valence-corrected chi connectivity index (χ3v) is 4.91. The molecule has 0 saturated carbocycles. The van der Waals surface area contributed by atoms with E-state index in [4.69, 9.17) is 21.1 Å². The Morgan fingerprint density at radius 3 is 2.67 bits per heavy atom. The van der Waals surface area contributed by atoms with Crippen LogP contribution in [0, 0.1) is 5.82 Å². The lowest BCUT2D eigenvalue weighted by atomic mass is 10.00. The van der Waals surface area contributed by atoms with Crippen LogP contribution in [0.15, 0.2) is 18.2 Å². The molecule has 1 aromatic carbocycles. The van der Waals surface area contributed by atoms with Crippen LogP contribution in [0.1, 0.15) is 30.9 Å². The molecule has 0 bridgehead atoms. The van der Waals surface area contributed by atoms with Crippen LogP contribution in [0.25, 0.3) is 0 Å². The summed E-state index contributed by atoms with van der Waals surface area (Å²) in [4.78, 5) is 13.6. The van der Waals surface area contributed by atoms with Gasteiger partial charge in [-0.1, -0.05) is 17.7 Å². The van der Waals surface area contributed by atoms with E-state index in [9.17, 15) is 14.3 Å². The van der Waals surface area contributed by atoms with E-state index in [1.807, 2.05) is 4.90 Å². The molecule has 132 valence electrons. The van der Waals surface area contributed by atoms with E-state index in [2.05, 4.69) is 0 Å². The monoisotopic (exact) mass is 357 g/mol. The number of hydrogen-bond donors (Lipinski definition) is 1. The summed E-state index contributed by atoms with van der Waals surface area (Å²) in [6.45, 7) is 2.58. The zero-order chi connectivity index (χ0) is 17.1. The molecular weight excluding hydrogens is 337 g/mol. The average molecular weight is 358 g/mol. The fourth-order valence-electron chi connectivity index (χ4n) is 3.35. The van der Waals surface area contributed by atoms with Crippen molar-refractivity contribution in [2.24, 2.45) is 0 Å². The molecule has 2 heterocycles. The summed E-state index contributed by atoms with van der Waals surface area (Å²) in [6.07, 6.45) is 2.72. The first-order valence-corrected chi connectivity index (χ1v) is 8.57. The highest BCUT2D eigenvalue weighted by Crippen LogP contribution is 2.29. The van der Waals surface area contributed by atoms with Crippen molar-refractivity contribution >= 4 is 17.6 Å². The predicted molar refractivity (Wildman–Crippen MR) is 86.7 cm³/mol. The van der Waals surface area contributed by atoms with Crippen molar-refractivity contribution in [3.63, 3.8) is 0 Å². The molecule has 1 aromatic rings. The minimum atomic E-state index is -0.986. The SMILES string of the molecule is O=C(O)C(c1ccc(Cl)c(F)c1)N1CCC(OC2CCOC2)CC1. The van der Waals surface area contributed by atoms with Gasteiger partial charge in [-0.3, -0.25) is 9.69 Å². The first-order chi connectivity index (χ1) is 11.5. The fourth-order valence-corrected chi connectivity index (χ4v) is 3.47. The van der Waals surface area contributed by atoms with Crippen molar-refractivity contribution in [3.05, 3.63) is 34.6 Å². The number of likely N-dealkylation sites (tertiary alicyclic amines) is 1. The van der Waals surface area contributed by atoms with Crippen LogP contribution in [-0.2, 0) is 14.3 Å². The molecular formula is C17H21ClFNO4. The Hall–Kier alpha value is -1.21. The van der Waals surface area contributed by atoms with E-state index >= 15 is 0 Å². The second kappa shape index (κ2) is 7.78. The second-order valence-corrected chi connectivity index (χ2v) is 6.68. The van der Waals surface area contributed by atoms with E-state index in [1.165, 1.54) is 12.1 Å². The molecule has 3 rings (SSSR count). The highest BCUT2D eigenvalue weighted by molar-refractivity contribution is 6.30. The van der Waals surface area contributed by atoms with Crippen molar-refractivity contribution in [1.82, 2.24) is 4.90 Å². The Balaban J connectivity index is 1.63. The molecule has 0 amide bonds. The molecule has 2 aliphatic heterocycles. The van der Waals surface area contributed by atoms with Gasteiger partial charge in [0.25, 0.3) is 0 Å². The first kappa shape index (κ1) is 17.6. The van der Waals surface area contributed by atoms with Gasteiger partial charge in [-0.15, -0.1) is 0 Å². The molecule has 2 fully saturated rings. The van der Waals surface area contributed by atoms with Crippen molar-refractivity contribution in [2.45, 2.75) is 37.5 Å². The quantitative estimate of drug-likeness (QED) is 0.878. The molecule has 0 aromatic heterocycles. The van der Waals surface area contributed by atoms with Crippen LogP contribution >= 0.6 is 11.6 Å². The number of benzene rings is 1. The maximum absolute atomic E-state index is 13.7. The second-order valence-electron chi connectivity index (χ2n) is 6.27. The van der Waals surface area contributed by atoms with Gasteiger partial charge in [0.05, 0.1) is 23.8 Å². The summed E-state index contributed by atoms with van der Waals surface area (Å²) < 4.78 is 25.0. The van der Waals surface area contributed by atoms with Crippen LogP contribution in [-0.4, -0.2) is 54.5 Å². The zero-order valence-electron chi connectivity index (χ0n) is 13.3. The Bertz CT molecular complexity index is 586. The van der Waals surface area contributed by atoms with Gasteiger partial charge in [0.2, 0.25) is 0 Å². The van der Waals surface area contributed by atoms with Crippen LogP contribution < -0.4 is 0 Å². The van der Waals surface area contributed by atoms with E-state index in [0.29, 0.717) is 25.3 Å². The van der Waals surface area contributed by atoms with Gasteiger partial charge in [0.1, 0.15) is 11.9 Å². The third-order valence-electron chi connectivity index (χ3n) is 4.61. The lowest BCUT2D eigenvalue weighted by Gasteiger charge is -2.36. The van der Waals surface area contributed by atoms with Crippen LogP contribution in [0.3, 0.4) is 0 Å². The van der Waals surface area contributed by atoms with E-state index < -0.39 is 17.8 Å². The van der Waals surface area contributed by atoms with Crippen molar-refractivity contribution in [3.8, 4) is 0 Å². The highest BCUT2D eigenvalue weighted by atomic mass is 35.5. The smallest absolute Gasteiger partial charge is 0.325 e. The number of hydrogen-bond acceptors (Lipinski definition) is 4. The molecule has 5 nitrogen and oxygen atoms in total. The largest absolute Gasteiger partial charge is 0.480 e. The van der Waals surface area contributed by atoms with Crippen LogP contribution in [0.4, 0.5) is 4.39 Å². The highest BCUT2D eigenvalue weighted by Gasteiger charge is 2.32. The van der Waals surface area contributed by atoms with Crippen molar-refractivity contribution in [1.29, 1.82) is 0 Å². The number of rotatable bonds is 5. The molecule has 2 unspecified atom stereocenters. The summed E-state index contributed by atoms with van der Waals surface area (Å²) in [5.41, 5.74) is 0.410. The lowest BCUT2D eigenvalue weighted by molar-refractivity contribution is -0.145. The zero-order valence-corrected chi connectivity index (χ0v) is 14.0. The Morgan fingerprint density at radius 1 is 1.33 bits per heavy atom. The Labute approximate surface area is 145 Å². The van der Waals surface area contributed by atoms with Gasteiger partial charge in [-0.05, 0) is 37.0 Å². The number of carboxylic acid groups (broad SMARTS) is 1. The minimum Gasteiger partial charge on any atom is -0.480 e. The number of carbonyl (C=O) groups is 1. The van der Waals surface area contributed by atoms with Gasteiger partial charge in [0.15, 0.2) is 0 Å². The number of aliphatic carboxylic acids is 1. The number of carboxylic acids is 1. The van der Waals surface area contributed by atoms with Gasteiger partial charge in [-0.25, -0.2) is 4.39 Å². The van der Waals surface area contributed by atoms with Gasteiger partial charge in [-0.2, -0.15) is 0 Å². The van der Waals surface area contributed by atoms with E-state index in [-0.39, 0.29) is 17.2 Å². The van der Waals surface area contributed by atoms with Crippen LogP contribution in [0.2, 0.25) is 5.02 Å². The number of piperidine rings is 1. The molecule has 24 heavy (non-hydrogen) atoms. The van der Waals surface area contributed by atoms with E-state index in [1.54, 1.807) is 6.07 Å². The average Bonchev–Trinajstić information content (AvgIpc) is 3.05.